The minimum Gasteiger partial charge on any atom is -0.361 e. The monoisotopic (exact) mass is 216 g/mol. The van der Waals surface area contributed by atoms with E-state index in [0.717, 1.165) is 24.5 Å². The molecule has 1 atom stereocenters. The van der Waals surface area contributed by atoms with Crippen LogP contribution in [0.3, 0.4) is 0 Å². The SMILES string of the molecule is NC1CCCN(c2sccc2Cl)C1. The lowest BCUT2D eigenvalue weighted by Gasteiger charge is -2.31. The summed E-state index contributed by atoms with van der Waals surface area (Å²) in [5.41, 5.74) is 5.90. The summed E-state index contributed by atoms with van der Waals surface area (Å²) in [6.45, 7) is 2.04. The van der Waals surface area contributed by atoms with Gasteiger partial charge in [0.1, 0.15) is 5.00 Å². The van der Waals surface area contributed by atoms with Gasteiger partial charge in [-0.3, -0.25) is 0 Å². The zero-order valence-electron chi connectivity index (χ0n) is 7.37. The third kappa shape index (κ3) is 1.98. The van der Waals surface area contributed by atoms with Crippen LogP contribution in [0, 0.1) is 0 Å². The van der Waals surface area contributed by atoms with E-state index in [2.05, 4.69) is 4.90 Å². The molecule has 0 saturated carbocycles. The molecule has 0 bridgehead atoms. The summed E-state index contributed by atoms with van der Waals surface area (Å²) in [5, 5.41) is 4.06. The Morgan fingerprint density at radius 2 is 2.46 bits per heavy atom. The lowest BCUT2D eigenvalue weighted by molar-refractivity contribution is 0.508. The van der Waals surface area contributed by atoms with Crippen LogP contribution in [0.25, 0.3) is 0 Å². The standard InChI is InChI=1S/C9H13ClN2S/c10-8-3-5-13-9(8)12-4-1-2-7(11)6-12/h3,5,7H,1-2,4,6,11H2. The largest absolute Gasteiger partial charge is 0.361 e. The van der Waals surface area contributed by atoms with Crippen molar-refractivity contribution in [3.05, 3.63) is 16.5 Å². The molecular formula is C9H13ClN2S. The first-order valence-corrected chi connectivity index (χ1v) is 5.76. The Kier molecular flexibility index (Phi) is 2.77. The first kappa shape index (κ1) is 9.31. The van der Waals surface area contributed by atoms with Gasteiger partial charge in [-0.2, -0.15) is 0 Å². The number of halogens is 1. The molecule has 1 saturated heterocycles. The molecule has 2 heterocycles. The molecule has 0 aromatic carbocycles. The van der Waals surface area contributed by atoms with Crippen molar-refractivity contribution in [1.29, 1.82) is 0 Å². The predicted octanol–water partition coefficient (Wildman–Crippen LogP) is 2.33. The minimum absolute atomic E-state index is 0.312. The summed E-state index contributed by atoms with van der Waals surface area (Å²) in [4.78, 5) is 2.29. The number of hydrogen-bond donors (Lipinski definition) is 1. The second-order valence-electron chi connectivity index (χ2n) is 3.42. The average molecular weight is 217 g/mol. The van der Waals surface area contributed by atoms with Gasteiger partial charge >= 0.3 is 0 Å². The maximum atomic E-state index is 6.05. The molecular weight excluding hydrogens is 204 g/mol. The van der Waals surface area contributed by atoms with E-state index in [9.17, 15) is 0 Å². The van der Waals surface area contributed by atoms with Gasteiger partial charge in [0.05, 0.1) is 5.02 Å². The molecule has 1 aliphatic rings. The van der Waals surface area contributed by atoms with Gasteiger partial charge in [0, 0.05) is 19.1 Å². The molecule has 2 nitrogen and oxygen atoms in total. The van der Waals surface area contributed by atoms with E-state index in [0.29, 0.717) is 6.04 Å². The quantitative estimate of drug-likeness (QED) is 0.781. The highest BCUT2D eigenvalue weighted by Crippen LogP contribution is 2.33. The number of nitrogens with zero attached hydrogens (tertiary/aromatic N) is 1. The number of piperidine rings is 1. The first-order valence-electron chi connectivity index (χ1n) is 4.51. The molecule has 0 spiro atoms. The first-order chi connectivity index (χ1) is 6.27. The summed E-state index contributed by atoms with van der Waals surface area (Å²) in [5.74, 6) is 0. The average Bonchev–Trinajstić information content (AvgIpc) is 2.51. The van der Waals surface area contributed by atoms with Crippen LogP contribution in [-0.2, 0) is 0 Å². The smallest absolute Gasteiger partial charge is 0.110 e. The van der Waals surface area contributed by atoms with Crippen LogP contribution in [0.4, 0.5) is 5.00 Å². The molecule has 13 heavy (non-hydrogen) atoms. The second kappa shape index (κ2) is 3.86. The highest BCUT2D eigenvalue weighted by atomic mass is 35.5. The van der Waals surface area contributed by atoms with Gasteiger partial charge in [0.15, 0.2) is 0 Å². The van der Waals surface area contributed by atoms with Gasteiger partial charge in [-0.1, -0.05) is 11.6 Å². The van der Waals surface area contributed by atoms with E-state index in [1.54, 1.807) is 11.3 Å². The Labute approximate surface area is 87.3 Å². The molecule has 2 rings (SSSR count). The fourth-order valence-electron chi connectivity index (χ4n) is 1.71. The second-order valence-corrected chi connectivity index (χ2v) is 4.72. The number of thiophene rings is 1. The maximum absolute atomic E-state index is 6.05. The molecule has 1 unspecified atom stereocenters. The van der Waals surface area contributed by atoms with Crippen molar-refractivity contribution in [2.75, 3.05) is 18.0 Å². The molecule has 2 N–H and O–H groups in total. The van der Waals surface area contributed by atoms with Gasteiger partial charge in [0.2, 0.25) is 0 Å². The fraction of sp³-hybridized carbons (Fsp3) is 0.556. The third-order valence-electron chi connectivity index (χ3n) is 2.34. The van der Waals surface area contributed by atoms with E-state index in [4.69, 9.17) is 17.3 Å². The van der Waals surface area contributed by atoms with Crippen molar-refractivity contribution < 1.29 is 0 Å². The van der Waals surface area contributed by atoms with Crippen molar-refractivity contribution in [3.63, 3.8) is 0 Å². The van der Waals surface area contributed by atoms with E-state index >= 15 is 0 Å². The summed E-state index contributed by atoms with van der Waals surface area (Å²) in [6.07, 6.45) is 2.31. The van der Waals surface area contributed by atoms with Crippen molar-refractivity contribution in [2.45, 2.75) is 18.9 Å². The van der Waals surface area contributed by atoms with E-state index < -0.39 is 0 Å². The molecule has 1 aromatic rings. The van der Waals surface area contributed by atoms with Crippen molar-refractivity contribution in [1.82, 2.24) is 0 Å². The number of anilines is 1. The van der Waals surface area contributed by atoms with Crippen LogP contribution < -0.4 is 10.6 Å². The van der Waals surface area contributed by atoms with Crippen LogP contribution in [0.2, 0.25) is 5.02 Å². The maximum Gasteiger partial charge on any atom is 0.110 e. The van der Waals surface area contributed by atoms with Crippen LogP contribution >= 0.6 is 22.9 Å². The molecule has 0 radical (unpaired) electrons. The summed E-state index contributed by atoms with van der Waals surface area (Å²) < 4.78 is 0. The van der Waals surface area contributed by atoms with Crippen LogP contribution in [0.1, 0.15) is 12.8 Å². The molecule has 0 amide bonds. The van der Waals surface area contributed by atoms with Crippen molar-refractivity contribution in [2.24, 2.45) is 5.73 Å². The lowest BCUT2D eigenvalue weighted by atomic mass is 10.1. The normalized spacial score (nSPS) is 23.5. The predicted molar refractivity (Wildman–Crippen MR) is 58.8 cm³/mol. The number of rotatable bonds is 1. The number of nitrogens with two attached hydrogens (primary N) is 1. The van der Waals surface area contributed by atoms with Gasteiger partial charge in [-0.15, -0.1) is 11.3 Å². The Hall–Kier alpha value is -0.250. The Balaban J connectivity index is 2.12. The minimum atomic E-state index is 0.312. The van der Waals surface area contributed by atoms with Gasteiger partial charge in [-0.25, -0.2) is 0 Å². The summed E-state index contributed by atoms with van der Waals surface area (Å²) in [7, 11) is 0. The molecule has 1 aromatic heterocycles. The molecule has 4 heteroatoms. The zero-order valence-corrected chi connectivity index (χ0v) is 8.94. The highest BCUT2D eigenvalue weighted by Gasteiger charge is 2.19. The number of hydrogen-bond acceptors (Lipinski definition) is 3. The molecule has 0 aliphatic carbocycles. The van der Waals surface area contributed by atoms with E-state index in [-0.39, 0.29) is 0 Å². The summed E-state index contributed by atoms with van der Waals surface area (Å²) >= 11 is 7.75. The molecule has 1 fully saturated rings. The molecule has 1 aliphatic heterocycles. The highest BCUT2D eigenvalue weighted by molar-refractivity contribution is 7.15. The van der Waals surface area contributed by atoms with Crippen LogP contribution in [0.5, 0.6) is 0 Å². The van der Waals surface area contributed by atoms with Crippen molar-refractivity contribution in [3.8, 4) is 0 Å². The van der Waals surface area contributed by atoms with Crippen LogP contribution in [0.15, 0.2) is 11.4 Å². The van der Waals surface area contributed by atoms with Gasteiger partial charge in [0.25, 0.3) is 0 Å². The van der Waals surface area contributed by atoms with Crippen molar-refractivity contribution >= 4 is 27.9 Å². The Morgan fingerprint density at radius 3 is 3.08 bits per heavy atom. The van der Waals surface area contributed by atoms with E-state index in [1.807, 2.05) is 11.4 Å². The van der Waals surface area contributed by atoms with Crippen LogP contribution in [-0.4, -0.2) is 19.1 Å². The van der Waals surface area contributed by atoms with E-state index in [1.165, 1.54) is 11.4 Å². The lowest BCUT2D eigenvalue weighted by Crippen LogP contribution is -2.42. The summed E-state index contributed by atoms with van der Waals surface area (Å²) in [6, 6.07) is 2.26. The van der Waals surface area contributed by atoms with Gasteiger partial charge in [-0.05, 0) is 24.3 Å². The third-order valence-corrected chi connectivity index (χ3v) is 3.73. The van der Waals surface area contributed by atoms with Gasteiger partial charge < -0.3 is 10.6 Å². The Morgan fingerprint density at radius 1 is 1.62 bits per heavy atom. The fourth-order valence-corrected chi connectivity index (χ4v) is 2.93. The Bertz CT molecular complexity index is 287. The zero-order chi connectivity index (χ0) is 9.26. The molecule has 72 valence electrons. The topological polar surface area (TPSA) is 29.3 Å².